The van der Waals surface area contributed by atoms with Crippen LogP contribution >= 0.6 is 0 Å². The molecule has 0 bridgehead atoms. The highest BCUT2D eigenvalue weighted by Gasteiger charge is 2.66. The molecule has 1 N–H and O–H groups in total. The van der Waals surface area contributed by atoms with Crippen LogP contribution in [0.25, 0.3) is 0 Å². The van der Waals surface area contributed by atoms with E-state index < -0.39 is 30.6 Å². The fourth-order valence-corrected chi connectivity index (χ4v) is 14.3. The smallest absolute Gasteiger partial charge is 0.269 e. The quantitative estimate of drug-likeness (QED) is 0.0655. The summed E-state index contributed by atoms with van der Waals surface area (Å²) in [7, 11) is -0.911. The van der Waals surface area contributed by atoms with E-state index in [1.807, 2.05) is 103 Å². The number of aliphatic hydroxyl groups is 1. The second kappa shape index (κ2) is 17.6. The van der Waals surface area contributed by atoms with Gasteiger partial charge in [0.25, 0.3) is 11.6 Å². The molecule has 2 amide bonds. The third kappa shape index (κ3) is 7.93. The number of hydrazone groups is 1. The Labute approximate surface area is 378 Å². The SMILES string of the molecule is COc1ccc([Si](C)(C)[C@@H]2[C@@H](CCn3cc(C(CO)c4ccccc4)nn3)O[C@]3(C(=O)N(Cc4ccc(N5N=C(c6ccccc6)CCC5=O)cc4)c4ccc([N+](=O)[O-])cc43)[C@H]2C)cc1. The molecule has 0 aliphatic carbocycles. The molecule has 3 aliphatic heterocycles. The molecule has 1 unspecified atom stereocenters. The van der Waals surface area contributed by atoms with Gasteiger partial charge in [0.05, 0.1) is 68.1 Å². The first kappa shape index (κ1) is 43.4. The van der Waals surface area contributed by atoms with E-state index in [-0.39, 0.29) is 42.1 Å². The number of aromatic nitrogens is 3. The lowest BCUT2D eigenvalue weighted by Crippen LogP contribution is -2.51. The third-order valence-electron chi connectivity index (χ3n) is 13.6. The summed E-state index contributed by atoms with van der Waals surface area (Å²) in [5.74, 6) is -0.389. The molecule has 9 rings (SSSR count). The highest BCUT2D eigenvalue weighted by molar-refractivity contribution is 6.91. The van der Waals surface area contributed by atoms with Gasteiger partial charge >= 0.3 is 0 Å². The number of aryl methyl sites for hydroxylation is 1. The Bertz CT molecular complexity index is 2750. The van der Waals surface area contributed by atoms with Gasteiger partial charge in [-0.05, 0) is 59.0 Å². The number of carbonyl (C=O) groups is 2. The molecule has 332 valence electrons. The number of carbonyl (C=O) groups excluding carboxylic acids is 2. The van der Waals surface area contributed by atoms with Crippen molar-refractivity contribution in [2.45, 2.75) is 75.5 Å². The molecule has 5 aromatic carbocycles. The predicted molar refractivity (Wildman–Crippen MR) is 250 cm³/mol. The minimum Gasteiger partial charge on any atom is -0.497 e. The highest BCUT2D eigenvalue weighted by atomic mass is 28.3. The summed E-state index contributed by atoms with van der Waals surface area (Å²) in [6.45, 7) is 7.09. The van der Waals surface area contributed by atoms with E-state index in [1.165, 1.54) is 17.1 Å². The van der Waals surface area contributed by atoms with Gasteiger partial charge in [0.15, 0.2) is 5.60 Å². The first-order valence-corrected chi connectivity index (χ1v) is 25.0. The number of hydrogen-bond acceptors (Lipinski definition) is 10. The van der Waals surface area contributed by atoms with E-state index in [4.69, 9.17) is 14.6 Å². The zero-order valence-electron chi connectivity index (χ0n) is 36.8. The molecule has 65 heavy (non-hydrogen) atoms. The van der Waals surface area contributed by atoms with Crippen LogP contribution < -0.4 is 19.8 Å². The van der Waals surface area contributed by atoms with Gasteiger partial charge in [-0.25, -0.2) is 5.01 Å². The summed E-state index contributed by atoms with van der Waals surface area (Å²) in [5.41, 5.74) is 4.03. The molecule has 4 heterocycles. The second-order valence-corrected chi connectivity index (χ2v) is 22.3. The zero-order chi connectivity index (χ0) is 45.5. The van der Waals surface area contributed by atoms with Crippen LogP contribution in [-0.2, 0) is 33.0 Å². The number of fused-ring (bicyclic) bond motifs is 2. The number of nitrogens with zero attached hydrogens (tertiary/aromatic N) is 7. The van der Waals surface area contributed by atoms with Crippen molar-refractivity contribution in [3.05, 3.63) is 172 Å². The van der Waals surface area contributed by atoms with Crippen molar-refractivity contribution in [2.24, 2.45) is 11.0 Å². The Morgan fingerprint density at radius 1 is 0.938 bits per heavy atom. The molecule has 1 fully saturated rings. The molecule has 0 radical (unpaired) electrons. The minimum absolute atomic E-state index is 0.104. The first-order valence-electron chi connectivity index (χ1n) is 22.0. The van der Waals surface area contributed by atoms with E-state index in [2.05, 4.69) is 42.5 Å². The Balaban J connectivity index is 1.05. The van der Waals surface area contributed by atoms with Gasteiger partial charge < -0.3 is 19.5 Å². The highest BCUT2D eigenvalue weighted by Crippen LogP contribution is 2.60. The van der Waals surface area contributed by atoms with E-state index in [0.29, 0.717) is 48.4 Å². The monoisotopic (exact) mass is 889 g/mol. The molecular weight excluding hydrogens is 839 g/mol. The maximum absolute atomic E-state index is 15.5. The first-order chi connectivity index (χ1) is 31.4. The summed E-state index contributed by atoms with van der Waals surface area (Å²) in [5, 5.41) is 39.0. The second-order valence-electron chi connectivity index (χ2n) is 17.6. The summed E-state index contributed by atoms with van der Waals surface area (Å²) in [4.78, 5) is 42.2. The van der Waals surface area contributed by atoms with Crippen molar-refractivity contribution >= 4 is 47.8 Å². The third-order valence-corrected chi connectivity index (χ3v) is 18.0. The van der Waals surface area contributed by atoms with Crippen molar-refractivity contribution in [1.82, 2.24) is 15.0 Å². The molecular formula is C50H51N7O7Si. The summed E-state index contributed by atoms with van der Waals surface area (Å²) in [6.07, 6.45) is 2.76. The zero-order valence-corrected chi connectivity index (χ0v) is 37.8. The lowest BCUT2D eigenvalue weighted by molar-refractivity contribution is -0.385. The number of benzene rings is 5. The number of non-ortho nitro benzene ring substituents is 1. The average molecular weight is 890 g/mol. The number of methoxy groups -OCH3 is 1. The van der Waals surface area contributed by atoms with Crippen LogP contribution in [0.1, 0.15) is 60.1 Å². The Kier molecular flexibility index (Phi) is 11.8. The Morgan fingerprint density at radius 2 is 1.65 bits per heavy atom. The average Bonchev–Trinajstić information content (AvgIpc) is 3.99. The number of anilines is 2. The van der Waals surface area contributed by atoms with Gasteiger partial charge in [-0.1, -0.05) is 115 Å². The normalized spacial score (nSPS) is 21.1. The largest absolute Gasteiger partial charge is 0.497 e. The van der Waals surface area contributed by atoms with Crippen LogP contribution in [-0.4, -0.2) is 70.4 Å². The number of hydrogen-bond donors (Lipinski definition) is 1. The molecule has 1 saturated heterocycles. The standard InChI is InChI=1S/C50H51N7O7Si/c1-33-48(65(3,4)40-22-20-39(63-2)21-23-40)46(27-28-54-31-44(51-53-54)41(32-58)35-11-7-5-8-12-35)64-50(33)42-29-38(57(61)62)19-25-45(42)55(49(50)60)30-34-15-17-37(18-16-34)56-47(59)26-24-43(52-56)36-13-9-6-10-14-36/h5-23,25,29,31,33,41,46,48,58H,24,26-28,30,32H2,1-4H3/t33-,41?,46+,48-,50+/m0/s1. The maximum Gasteiger partial charge on any atom is 0.269 e. The van der Waals surface area contributed by atoms with Crippen molar-refractivity contribution < 1.29 is 29.1 Å². The molecule has 14 nitrogen and oxygen atoms in total. The summed E-state index contributed by atoms with van der Waals surface area (Å²) < 4.78 is 14.6. The van der Waals surface area contributed by atoms with Gasteiger partial charge in [0.2, 0.25) is 5.91 Å². The van der Waals surface area contributed by atoms with Crippen molar-refractivity contribution in [3.8, 4) is 5.75 Å². The van der Waals surface area contributed by atoms with Crippen LogP contribution in [0.5, 0.6) is 5.75 Å². The lowest BCUT2D eigenvalue weighted by atomic mass is 9.82. The molecule has 1 spiro atoms. The van der Waals surface area contributed by atoms with E-state index in [0.717, 1.165) is 33.3 Å². The van der Waals surface area contributed by atoms with Crippen molar-refractivity contribution in [3.63, 3.8) is 0 Å². The van der Waals surface area contributed by atoms with Gasteiger partial charge in [0, 0.05) is 49.2 Å². The number of aliphatic hydroxyl groups excluding tert-OH is 1. The molecule has 3 aliphatic rings. The lowest BCUT2D eigenvalue weighted by Gasteiger charge is -2.37. The number of nitro groups is 1. The van der Waals surface area contributed by atoms with Crippen LogP contribution in [0, 0.1) is 16.0 Å². The topological polar surface area (TPSA) is 166 Å². The summed E-state index contributed by atoms with van der Waals surface area (Å²) in [6, 6.07) is 39.6. The predicted octanol–water partition coefficient (Wildman–Crippen LogP) is 7.70. The fraction of sp³-hybridized carbons (Fsp3) is 0.300. The Morgan fingerprint density at radius 3 is 2.32 bits per heavy atom. The molecule has 5 atom stereocenters. The van der Waals surface area contributed by atoms with Gasteiger partial charge in [-0.2, -0.15) is 5.10 Å². The van der Waals surface area contributed by atoms with Gasteiger partial charge in [-0.3, -0.25) is 24.4 Å². The van der Waals surface area contributed by atoms with Crippen LogP contribution in [0.15, 0.2) is 139 Å². The number of nitro benzene ring substituents is 1. The van der Waals surface area contributed by atoms with E-state index >= 15 is 4.79 Å². The van der Waals surface area contributed by atoms with Crippen LogP contribution in [0.2, 0.25) is 18.6 Å². The van der Waals surface area contributed by atoms with Gasteiger partial charge in [-0.15, -0.1) is 5.10 Å². The van der Waals surface area contributed by atoms with E-state index in [9.17, 15) is 20.0 Å². The summed E-state index contributed by atoms with van der Waals surface area (Å²) >= 11 is 0. The number of ether oxygens (including phenoxy) is 2. The molecule has 15 heteroatoms. The molecule has 1 aromatic heterocycles. The fourth-order valence-electron chi connectivity index (χ4n) is 10.3. The molecule has 6 aromatic rings. The van der Waals surface area contributed by atoms with Crippen molar-refractivity contribution in [1.29, 1.82) is 0 Å². The van der Waals surface area contributed by atoms with Crippen LogP contribution in [0.4, 0.5) is 17.1 Å². The van der Waals surface area contributed by atoms with E-state index in [1.54, 1.807) is 22.8 Å². The number of amides is 2. The van der Waals surface area contributed by atoms with Gasteiger partial charge in [0.1, 0.15) is 5.75 Å². The van der Waals surface area contributed by atoms with Crippen LogP contribution in [0.3, 0.4) is 0 Å². The van der Waals surface area contributed by atoms with Crippen molar-refractivity contribution in [2.75, 3.05) is 23.6 Å². The maximum atomic E-state index is 15.5. The minimum atomic E-state index is -2.55. The number of rotatable bonds is 14. The Hall–Kier alpha value is -6.81. The molecule has 0 saturated carbocycles.